The average Bonchev–Trinajstić information content (AvgIpc) is 2.38. The molecule has 5 heteroatoms. The molecule has 0 aliphatic heterocycles. The predicted octanol–water partition coefficient (Wildman–Crippen LogP) is 1.06. The molecule has 104 valence electrons. The van der Waals surface area contributed by atoms with Crippen molar-refractivity contribution in [2.75, 3.05) is 0 Å². The second-order valence-electron chi connectivity index (χ2n) is 4.40. The van der Waals surface area contributed by atoms with E-state index in [9.17, 15) is 9.59 Å². The third-order valence-electron chi connectivity index (χ3n) is 2.90. The van der Waals surface area contributed by atoms with E-state index in [0.717, 1.165) is 11.1 Å². The molecule has 0 radical (unpaired) electrons. The van der Waals surface area contributed by atoms with E-state index in [-0.39, 0.29) is 12.3 Å². The Kier molecular flexibility index (Phi) is 6.02. The maximum atomic E-state index is 11.9. The van der Waals surface area contributed by atoms with E-state index in [4.69, 9.17) is 10.8 Å². The Morgan fingerprint density at radius 2 is 1.95 bits per heavy atom. The molecule has 5 nitrogen and oxygen atoms in total. The van der Waals surface area contributed by atoms with Crippen LogP contribution in [0.25, 0.3) is 0 Å². The molecule has 1 aromatic carbocycles. The van der Waals surface area contributed by atoms with Crippen LogP contribution in [0.4, 0.5) is 0 Å². The van der Waals surface area contributed by atoms with E-state index < -0.39 is 12.0 Å². The molecule has 19 heavy (non-hydrogen) atoms. The molecular weight excluding hydrogens is 244 g/mol. The Hall–Kier alpha value is -1.88. The SMILES string of the molecule is CCC[C@H](NC(=O)Cc1ccccc1CN)C(=O)O. The van der Waals surface area contributed by atoms with Gasteiger partial charge < -0.3 is 16.2 Å². The molecule has 0 bridgehead atoms. The number of nitrogens with one attached hydrogen (secondary N) is 1. The Morgan fingerprint density at radius 3 is 2.47 bits per heavy atom. The highest BCUT2D eigenvalue weighted by atomic mass is 16.4. The number of hydrogen-bond acceptors (Lipinski definition) is 3. The summed E-state index contributed by atoms with van der Waals surface area (Å²) >= 11 is 0. The first-order valence-corrected chi connectivity index (χ1v) is 6.37. The highest BCUT2D eigenvalue weighted by molar-refractivity contribution is 5.85. The van der Waals surface area contributed by atoms with Crippen molar-refractivity contribution < 1.29 is 14.7 Å². The number of carbonyl (C=O) groups excluding carboxylic acids is 1. The van der Waals surface area contributed by atoms with E-state index in [0.29, 0.717) is 19.4 Å². The maximum absolute atomic E-state index is 11.9. The Balaban J connectivity index is 2.66. The van der Waals surface area contributed by atoms with E-state index in [1.165, 1.54) is 0 Å². The Bertz CT molecular complexity index is 446. The number of rotatable bonds is 7. The molecule has 0 saturated carbocycles. The lowest BCUT2D eigenvalue weighted by Gasteiger charge is -2.14. The first kappa shape index (κ1) is 15.2. The summed E-state index contributed by atoms with van der Waals surface area (Å²) in [5, 5.41) is 11.5. The van der Waals surface area contributed by atoms with Gasteiger partial charge in [-0.2, -0.15) is 0 Å². The zero-order valence-electron chi connectivity index (χ0n) is 11.1. The summed E-state index contributed by atoms with van der Waals surface area (Å²) in [5.74, 6) is -1.29. The van der Waals surface area contributed by atoms with Gasteiger partial charge in [0.15, 0.2) is 0 Å². The molecule has 0 heterocycles. The Morgan fingerprint density at radius 1 is 1.32 bits per heavy atom. The summed E-state index contributed by atoms with van der Waals surface area (Å²) in [7, 11) is 0. The smallest absolute Gasteiger partial charge is 0.326 e. The second-order valence-corrected chi connectivity index (χ2v) is 4.40. The molecule has 0 spiro atoms. The number of carboxylic acids is 1. The summed E-state index contributed by atoms with van der Waals surface area (Å²) in [5.41, 5.74) is 7.34. The number of amides is 1. The van der Waals surface area contributed by atoms with Crippen LogP contribution in [0.5, 0.6) is 0 Å². The van der Waals surface area contributed by atoms with Gasteiger partial charge in [-0.1, -0.05) is 37.6 Å². The van der Waals surface area contributed by atoms with Crippen molar-refractivity contribution in [3.8, 4) is 0 Å². The van der Waals surface area contributed by atoms with Gasteiger partial charge in [-0.25, -0.2) is 4.79 Å². The van der Waals surface area contributed by atoms with E-state index in [1.54, 1.807) is 0 Å². The summed E-state index contributed by atoms with van der Waals surface area (Å²) < 4.78 is 0. The number of carboxylic acid groups (broad SMARTS) is 1. The molecule has 1 aromatic rings. The summed E-state index contributed by atoms with van der Waals surface area (Å²) in [6.07, 6.45) is 1.29. The van der Waals surface area contributed by atoms with Crippen molar-refractivity contribution in [3.05, 3.63) is 35.4 Å². The zero-order valence-corrected chi connectivity index (χ0v) is 11.1. The lowest BCUT2D eigenvalue weighted by atomic mass is 10.0. The van der Waals surface area contributed by atoms with Crippen LogP contribution in [0.15, 0.2) is 24.3 Å². The highest BCUT2D eigenvalue weighted by Crippen LogP contribution is 2.09. The minimum Gasteiger partial charge on any atom is -0.480 e. The van der Waals surface area contributed by atoms with Gasteiger partial charge in [-0.3, -0.25) is 4.79 Å². The monoisotopic (exact) mass is 264 g/mol. The van der Waals surface area contributed by atoms with Crippen molar-refractivity contribution in [2.24, 2.45) is 5.73 Å². The molecular formula is C14H20N2O3. The Labute approximate surface area is 112 Å². The summed E-state index contributed by atoms with van der Waals surface area (Å²) in [6, 6.07) is 6.58. The fourth-order valence-electron chi connectivity index (χ4n) is 1.89. The lowest BCUT2D eigenvalue weighted by molar-refractivity contribution is -0.141. The van der Waals surface area contributed by atoms with Gasteiger partial charge in [0.05, 0.1) is 6.42 Å². The van der Waals surface area contributed by atoms with Gasteiger partial charge in [0.1, 0.15) is 6.04 Å². The first-order valence-electron chi connectivity index (χ1n) is 6.37. The third-order valence-corrected chi connectivity index (χ3v) is 2.90. The molecule has 0 unspecified atom stereocenters. The van der Waals surface area contributed by atoms with Crippen LogP contribution in [-0.2, 0) is 22.6 Å². The lowest BCUT2D eigenvalue weighted by Crippen LogP contribution is -2.41. The largest absolute Gasteiger partial charge is 0.480 e. The van der Waals surface area contributed by atoms with Gasteiger partial charge >= 0.3 is 5.97 Å². The minimum absolute atomic E-state index is 0.154. The number of aliphatic carboxylic acids is 1. The topological polar surface area (TPSA) is 92.4 Å². The van der Waals surface area contributed by atoms with Gasteiger partial charge in [-0.05, 0) is 17.5 Å². The minimum atomic E-state index is -0.998. The van der Waals surface area contributed by atoms with Gasteiger partial charge in [0.25, 0.3) is 0 Å². The summed E-state index contributed by atoms with van der Waals surface area (Å²) in [4.78, 5) is 22.8. The second kappa shape index (κ2) is 7.53. The van der Waals surface area contributed by atoms with Crippen molar-refractivity contribution in [1.82, 2.24) is 5.32 Å². The van der Waals surface area contributed by atoms with Gasteiger partial charge in [0.2, 0.25) is 5.91 Å². The van der Waals surface area contributed by atoms with Crippen LogP contribution in [0, 0.1) is 0 Å². The summed E-state index contributed by atoms with van der Waals surface area (Å²) in [6.45, 7) is 2.24. The third kappa shape index (κ3) is 4.71. The fourth-order valence-corrected chi connectivity index (χ4v) is 1.89. The van der Waals surface area contributed by atoms with Crippen molar-refractivity contribution in [1.29, 1.82) is 0 Å². The number of hydrogen-bond donors (Lipinski definition) is 3. The number of benzene rings is 1. The van der Waals surface area contributed by atoms with E-state index in [1.807, 2.05) is 31.2 Å². The van der Waals surface area contributed by atoms with Crippen LogP contribution in [-0.4, -0.2) is 23.0 Å². The number of carbonyl (C=O) groups is 2. The van der Waals surface area contributed by atoms with Crippen LogP contribution in [0.3, 0.4) is 0 Å². The number of nitrogens with two attached hydrogens (primary N) is 1. The zero-order chi connectivity index (χ0) is 14.3. The molecule has 1 atom stereocenters. The normalized spacial score (nSPS) is 11.9. The van der Waals surface area contributed by atoms with Crippen LogP contribution >= 0.6 is 0 Å². The van der Waals surface area contributed by atoms with Gasteiger partial charge in [-0.15, -0.1) is 0 Å². The maximum Gasteiger partial charge on any atom is 0.326 e. The van der Waals surface area contributed by atoms with Crippen LogP contribution in [0.1, 0.15) is 30.9 Å². The van der Waals surface area contributed by atoms with Crippen molar-refractivity contribution >= 4 is 11.9 Å². The molecule has 1 rings (SSSR count). The average molecular weight is 264 g/mol. The van der Waals surface area contributed by atoms with E-state index in [2.05, 4.69) is 5.32 Å². The van der Waals surface area contributed by atoms with Crippen molar-refractivity contribution in [2.45, 2.75) is 38.8 Å². The highest BCUT2D eigenvalue weighted by Gasteiger charge is 2.19. The standard InChI is InChI=1S/C14H20N2O3/c1-2-5-12(14(18)19)16-13(17)8-10-6-3-4-7-11(10)9-15/h3-4,6-7,12H,2,5,8-9,15H2,1H3,(H,16,17)(H,18,19)/t12-/m0/s1. The first-order chi connectivity index (χ1) is 9.08. The van der Waals surface area contributed by atoms with Crippen LogP contribution < -0.4 is 11.1 Å². The molecule has 0 aliphatic rings. The van der Waals surface area contributed by atoms with E-state index >= 15 is 0 Å². The molecule has 0 aromatic heterocycles. The molecule has 0 saturated heterocycles. The fraction of sp³-hybridized carbons (Fsp3) is 0.429. The molecule has 0 fully saturated rings. The van der Waals surface area contributed by atoms with Crippen molar-refractivity contribution in [3.63, 3.8) is 0 Å². The molecule has 1 amide bonds. The van der Waals surface area contributed by atoms with Gasteiger partial charge in [0, 0.05) is 6.54 Å². The quantitative estimate of drug-likeness (QED) is 0.686. The molecule has 4 N–H and O–H groups in total. The predicted molar refractivity (Wildman–Crippen MR) is 72.5 cm³/mol. The molecule has 0 aliphatic carbocycles. The van der Waals surface area contributed by atoms with Crippen LogP contribution in [0.2, 0.25) is 0 Å².